The number of rotatable bonds is 1. The van der Waals surface area contributed by atoms with E-state index in [1.165, 1.54) is 0 Å². The maximum atomic E-state index is 11.3. The molecule has 13 heavy (non-hydrogen) atoms. The van der Waals surface area contributed by atoms with Crippen LogP contribution in [0.3, 0.4) is 0 Å². The Morgan fingerprint density at radius 2 is 1.62 bits per heavy atom. The van der Waals surface area contributed by atoms with E-state index < -0.39 is 17.7 Å². The Bertz CT molecular complexity index is 171. The van der Waals surface area contributed by atoms with Gasteiger partial charge >= 0.3 is 6.18 Å². The van der Waals surface area contributed by atoms with Crippen LogP contribution in [0.15, 0.2) is 11.8 Å². The van der Waals surface area contributed by atoms with Gasteiger partial charge in [0, 0.05) is 28.5 Å². The van der Waals surface area contributed by atoms with Gasteiger partial charge in [-0.2, -0.15) is 13.2 Å². The van der Waals surface area contributed by atoms with Crippen molar-refractivity contribution in [2.75, 3.05) is 0 Å². The van der Waals surface area contributed by atoms with E-state index in [0.29, 0.717) is 0 Å². The summed E-state index contributed by atoms with van der Waals surface area (Å²) in [6, 6.07) is 0. The Morgan fingerprint density at radius 3 is 1.69 bits per heavy atom. The first-order valence-corrected chi connectivity index (χ1v) is 2.32. The zero-order valence-corrected chi connectivity index (χ0v) is 9.53. The van der Waals surface area contributed by atoms with Crippen LogP contribution in [-0.2, 0) is 27.2 Å². The van der Waals surface area contributed by atoms with Gasteiger partial charge in [-0.3, -0.25) is 4.79 Å². The predicted octanol–water partition coefficient (Wildman–Crippen LogP) is 2.48. The largest absolute Gasteiger partial charge is 0.512 e. The number of carbonyl (C=O) groups is 1. The first kappa shape index (κ1) is 23.0. The van der Waals surface area contributed by atoms with Crippen molar-refractivity contribution >= 4 is 5.78 Å². The minimum absolute atomic E-state index is 0. The number of ketones is 1. The molecule has 2 nitrogen and oxygen atoms in total. The summed E-state index contributed by atoms with van der Waals surface area (Å²) in [5.74, 6) is -2.70. The molecule has 0 amide bonds. The van der Waals surface area contributed by atoms with Gasteiger partial charge in [0.15, 0.2) is 0 Å². The molecule has 0 rings (SSSR count). The van der Waals surface area contributed by atoms with E-state index in [1.807, 2.05) is 0 Å². The second-order valence-corrected chi connectivity index (χ2v) is 1.65. The SMILES string of the molecule is C/C(O)=C\C(=O)C(F)(F)F.[Au].[CH3-].[CH3-]. The van der Waals surface area contributed by atoms with E-state index in [4.69, 9.17) is 5.11 Å². The number of alkyl halides is 3. The number of aliphatic hydroxyl groups excluding tert-OH is 1. The fraction of sp³-hybridized carbons (Fsp3) is 0.286. The minimum Gasteiger partial charge on any atom is -0.512 e. The molecule has 85 valence electrons. The van der Waals surface area contributed by atoms with Gasteiger partial charge in [-0.05, 0) is 6.92 Å². The minimum atomic E-state index is -4.88. The van der Waals surface area contributed by atoms with E-state index >= 15 is 0 Å². The number of aliphatic hydroxyl groups is 1. The third kappa shape index (κ3) is 11.7. The first-order valence-electron chi connectivity index (χ1n) is 2.32. The molecule has 0 aromatic rings. The van der Waals surface area contributed by atoms with Crippen LogP contribution in [0.5, 0.6) is 0 Å². The molecular formula is C7H11AuF3O2-2. The van der Waals surface area contributed by atoms with E-state index in [2.05, 4.69) is 0 Å². The zero-order valence-electron chi connectivity index (χ0n) is 7.37. The molecule has 0 unspecified atom stereocenters. The molecule has 1 N–H and O–H groups in total. The van der Waals surface area contributed by atoms with Crippen molar-refractivity contribution in [1.29, 1.82) is 0 Å². The Labute approximate surface area is 91.3 Å². The molecule has 0 aliphatic heterocycles. The Kier molecular flexibility index (Phi) is 14.8. The van der Waals surface area contributed by atoms with Crippen molar-refractivity contribution in [3.05, 3.63) is 26.7 Å². The van der Waals surface area contributed by atoms with Crippen molar-refractivity contribution in [3.63, 3.8) is 0 Å². The fourth-order valence-electron chi connectivity index (χ4n) is 0.272. The van der Waals surface area contributed by atoms with Gasteiger partial charge in [-0.15, -0.1) is 0 Å². The second kappa shape index (κ2) is 8.34. The molecule has 6 heteroatoms. The van der Waals surface area contributed by atoms with Crippen LogP contribution in [0.2, 0.25) is 0 Å². The smallest absolute Gasteiger partial charge is 0.454 e. The molecule has 0 heterocycles. The van der Waals surface area contributed by atoms with Crippen LogP contribution >= 0.6 is 0 Å². The molecule has 0 aromatic carbocycles. The summed E-state index contributed by atoms with van der Waals surface area (Å²) in [5, 5.41) is 8.23. The summed E-state index contributed by atoms with van der Waals surface area (Å²) in [4.78, 5) is 9.91. The molecule has 0 fully saturated rings. The van der Waals surface area contributed by atoms with Crippen LogP contribution in [0.1, 0.15) is 6.92 Å². The van der Waals surface area contributed by atoms with Crippen LogP contribution < -0.4 is 0 Å². The number of hydrogen-bond donors (Lipinski definition) is 1. The molecule has 0 saturated carbocycles. The van der Waals surface area contributed by atoms with Gasteiger partial charge in [-0.1, -0.05) is 0 Å². The maximum absolute atomic E-state index is 11.3. The summed E-state index contributed by atoms with van der Waals surface area (Å²) >= 11 is 0. The third-order valence-electron chi connectivity index (χ3n) is 0.619. The number of hydrogen-bond acceptors (Lipinski definition) is 2. The van der Waals surface area contributed by atoms with Gasteiger partial charge in [-0.25, -0.2) is 0 Å². The number of carbonyl (C=O) groups excluding carboxylic acids is 1. The molecule has 0 atom stereocenters. The zero-order chi connectivity index (χ0) is 8.36. The molecule has 0 aliphatic rings. The van der Waals surface area contributed by atoms with Crippen molar-refractivity contribution < 1.29 is 45.5 Å². The molecule has 0 aliphatic carbocycles. The Balaban J connectivity index is -0.000000135. The van der Waals surface area contributed by atoms with E-state index in [-0.39, 0.29) is 43.3 Å². The number of halogens is 3. The Morgan fingerprint density at radius 1 is 1.31 bits per heavy atom. The predicted molar refractivity (Wildman–Crippen MR) is 40.3 cm³/mol. The van der Waals surface area contributed by atoms with Crippen molar-refractivity contribution in [3.8, 4) is 0 Å². The average Bonchev–Trinajstić information content (AvgIpc) is 1.60. The van der Waals surface area contributed by atoms with E-state index in [1.54, 1.807) is 0 Å². The first-order chi connectivity index (χ1) is 4.34. The second-order valence-electron chi connectivity index (χ2n) is 1.65. The van der Waals surface area contributed by atoms with Crippen molar-refractivity contribution in [2.24, 2.45) is 0 Å². The molecular weight excluding hydrogens is 370 g/mol. The summed E-state index contributed by atoms with van der Waals surface area (Å²) in [5.41, 5.74) is 0. The van der Waals surface area contributed by atoms with Gasteiger partial charge in [0.05, 0.1) is 5.76 Å². The third-order valence-corrected chi connectivity index (χ3v) is 0.619. The monoisotopic (exact) mass is 381 g/mol. The molecule has 1 radical (unpaired) electrons. The maximum Gasteiger partial charge on any atom is 0.454 e. The summed E-state index contributed by atoms with van der Waals surface area (Å²) in [6.07, 6.45) is -4.76. The standard InChI is InChI=1S/C5H5F3O2.2CH3.Au/c1-3(9)2-4(10)5(6,7)8;;;/h2,9H,1H3;2*1H3;/q;2*-1;/b3-2+;;;. The van der Waals surface area contributed by atoms with Crippen molar-refractivity contribution in [2.45, 2.75) is 13.1 Å². The Hall–Kier alpha value is -0.260. The molecule has 0 bridgehead atoms. The molecule has 0 saturated heterocycles. The van der Waals surface area contributed by atoms with Gasteiger partial charge in [0.25, 0.3) is 5.78 Å². The van der Waals surface area contributed by atoms with Gasteiger partial charge in [0.2, 0.25) is 0 Å². The summed E-state index contributed by atoms with van der Waals surface area (Å²) in [6.45, 7) is 0.990. The summed E-state index contributed by atoms with van der Waals surface area (Å²) < 4.78 is 33.9. The number of allylic oxidation sites excluding steroid dienone is 2. The van der Waals surface area contributed by atoms with Crippen molar-refractivity contribution in [1.82, 2.24) is 0 Å². The van der Waals surface area contributed by atoms with E-state index in [9.17, 15) is 18.0 Å². The van der Waals surface area contributed by atoms with Crippen LogP contribution in [0.25, 0.3) is 0 Å². The normalized spacial score (nSPS) is 10.3. The van der Waals surface area contributed by atoms with Gasteiger partial charge < -0.3 is 20.0 Å². The summed E-state index contributed by atoms with van der Waals surface area (Å²) in [7, 11) is 0. The van der Waals surface area contributed by atoms with Crippen LogP contribution in [-0.4, -0.2) is 17.1 Å². The molecule has 0 aromatic heterocycles. The van der Waals surface area contributed by atoms with Gasteiger partial charge in [0.1, 0.15) is 0 Å². The van der Waals surface area contributed by atoms with Crippen LogP contribution in [0.4, 0.5) is 13.2 Å². The van der Waals surface area contributed by atoms with Crippen LogP contribution in [0, 0.1) is 14.9 Å². The quantitative estimate of drug-likeness (QED) is 0.328. The average molecular weight is 381 g/mol. The van der Waals surface area contributed by atoms with E-state index in [0.717, 1.165) is 6.92 Å². The fourth-order valence-corrected chi connectivity index (χ4v) is 0.272. The topological polar surface area (TPSA) is 37.3 Å². The molecule has 0 spiro atoms.